The SMILES string of the molecule is Cc1cc(C(C)(C)C)ccc1N1c2cc3c(cc2B2c4cc5c(cc4N(c4ccccc4C)c4cc(C(C)(C)C)cc1c42)sc1ccccc15)C(C)(C)CCC3(C)C. The van der Waals surface area contributed by atoms with E-state index < -0.39 is 0 Å². The van der Waals surface area contributed by atoms with Crippen LogP contribution in [0.25, 0.3) is 20.2 Å². The highest BCUT2D eigenvalue weighted by molar-refractivity contribution is 7.26. The second-order valence-electron chi connectivity index (χ2n) is 21.0. The highest BCUT2D eigenvalue weighted by Gasteiger charge is 2.47. The molecule has 1 aromatic heterocycles. The minimum atomic E-state index is -0.0763. The minimum Gasteiger partial charge on any atom is -0.311 e. The van der Waals surface area contributed by atoms with Gasteiger partial charge in [0.2, 0.25) is 0 Å². The maximum Gasteiger partial charge on any atom is 0.252 e. The fraction of sp³-hybridized carbons (Fsp3) is 0.333. The van der Waals surface area contributed by atoms with E-state index in [4.69, 9.17) is 0 Å². The van der Waals surface area contributed by atoms with E-state index in [-0.39, 0.29) is 28.4 Å². The molecule has 292 valence electrons. The van der Waals surface area contributed by atoms with Gasteiger partial charge in [-0.05, 0) is 146 Å². The molecule has 0 saturated carbocycles. The molecule has 58 heavy (non-hydrogen) atoms. The molecule has 7 aromatic rings. The summed E-state index contributed by atoms with van der Waals surface area (Å²) in [7, 11) is 0. The van der Waals surface area contributed by atoms with Crippen molar-refractivity contribution in [2.24, 2.45) is 0 Å². The number of rotatable bonds is 2. The van der Waals surface area contributed by atoms with Crippen LogP contribution in [0, 0.1) is 13.8 Å². The fourth-order valence-corrected chi connectivity index (χ4v) is 11.5. The van der Waals surface area contributed by atoms with Crippen LogP contribution in [-0.4, -0.2) is 6.71 Å². The lowest BCUT2D eigenvalue weighted by molar-refractivity contribution is 0.332. The smallest absolute Gasteiger partial charge is 0.252 e. The molecule has 0 fully saturated rings. The average Bonchev–Trinajstić information content (AvgIpc) is 3.52. The Hall–Kier alpha value is -4.80. The quantitative estimate of drug-likeness (QED) is 0.161. The maximum absolute atomic E-state index is 2.68. The number of hydrogen-bond donors (Lipinski definition) is 0. The number of para-hydroxylation sites is 1. The van der Waals surface area contributed by atoms with Gasteiger partial charge in [0.15, 0.2) is 0 Å². The highest BCUT2D eigenvalue weighted by atomic mass is 32.1. The zero-order valence-corrected chi connectivity index (χ0v) is 37.4. The number of nitrogens with zero attached hydrogens (tertiary/aromatic N) is 2. The molecule has 0 saturated heterocycles. The van der Waals surface area contributed by atoms with E-state index in [1.807, 2.05) is 11.3 Å². The van der Waals surface area contributed by atoms with Crippen molar-refractivity contribution in [1.29, 1.82) is 0 Å². The number of benzene rings is 6. The largest absolute Gasteiger partial charge is 0.311 e. The summed E-state index contributed by atoms with van der Waals surface area (Å²) in [5.74, 6) is 0. The molecule has 0 bridgehead atoms. The first kappa shape index (κ1) is 37.5. The molecule has 4 heteroatoms. The second-order valence-corrected chi connectivity index (χ2v) is 22.1. The average molecular weight is 777 g/mol. The van der Waals surface area contributed by atoms with E-state index in [0.717, 1.165) is 0 Å². The summed E-state index contributed by atoms with van der Waals surface area (Å²) in [4.78, 5) is 5.31. The van der Waals surface area contributed by atoms with Gasteiger partial charge < -0.3 is 9.80 Å². The molecule has 2 aliphatic heterocycles. The number of aryl methyl sites for hydroxylation is 2. The normalized spacial score (nSPS) is 16.7. The third-order valence-corrected chi connectivity index (χ3v) is 15.2. The maximum atomic E-state index is 2.68. The molecule has 0 unspecified atom stereocenters. The molecule has 0 amide bonds. The third kappa shape index (κ3) is 5.50. The van der Waals surface area contributed by atoms with Crippen LogP contribution in [0.4, 0.5) is 34.1 Å². The van der Waals surface area contributed by atoms with Crippen molar-refractivity contribution in [1.82, 2.24) is 0 Å². The van der Waals surface area contributed by atoms with Crippen LogP contribution < -0.4 is 26.2 Å². The van der Waals surface area contributed by atoms with Crippen molar-refractivity contribution in [3.05, 3.63) is 137 Å². The van der Waals surface area contributed by atoms with Gasteiger partial charge in [0.25, 0.3) is 6.71 Å². The van der Waals surface area contributed by atoms with Gasteiger partial charge in [-0.25, -0.2) is 0 Å². The van der Waals surface area contributed by atoms with E-state index >= 15 is 0 Å². The lowest BCUT2D eigenvalue weighted by Crippen LogP contribution is -2.62. The van der Waals surface area contributed by atoms with Gasteiger partial charge in [0, 0.05) is 48.9 Å². The van der Waals surface area contributed by atoms with Gasteiger partial charge in [-0.2, -0.15) is 0 Å². The van der Waals surface area contributed by atoms with Crippen molar-refractivity contribution in [2.45, 2.75) is 118 Å². The summed E-state index contributed by atoms with van der Waals surface area (Å²) in [6.45, 7) is 28.7. The molecule has 10 rings (SSSR count). The van der Waals surface area contributed by atoms with Gasteiger partial charge in [-0.15, -0.1) is 11.3 Å². The van der Waals surface area contributed by atoms with Crippen LogP contribution in [0.1, 0.15) is 115 Å². The first-order chi connectivity index (χ1) is 27.3. The predicted molar refractivity (Wildman–Crippen MR) is 256 cm³/mol. The van der Waals surface area contributed by atoms with Crippen LogP contribution in [-0.2, 0) is 21.7 Å². The predicted octanol–water partition coefficient (Wildman–Crippen LogP) is 13.7. The Kier molecular flexibility index (Phi) is 7.99. The molecule has 2 nitrogen and oxygen atoms in total. The first-order valence-electron chi connectivity index (χ1n) is 21.4. The summed E-state index contributed by atoms with van der Waals surface area (Å²) in [5, 5.41) is 2.71. The van der Waals surface area contributed by atoms with Crippen molar-refractivity contribution >= 4 is 88.7 Å². The standard InChI is InChI=1S/C54H57BN2S/c1-32-17-13-15-19-42(32)56-45-31-49-37(36-18-14-16-20-48(36)58-49)28-40(45)55-41-29-38-39(54(11,12)24-23-53(38,9)10)30-44(41)57(43-22-21-34(25-33(43)2)51(3,4)5)47-27-35(52(6,7)8)26-46(56)50(47)55/h13-22,25-31H,23-24H2,1-12H3. The van der Waals surface area contributed by atoms with Crippen LogP contribution in [0.2, 0.25) is 0 Å². The molecule has 0 spiro atoms. The Bertz CT molecular complexity index is 2860. The summed E-state index contributed by atoms with van der Waals surface area (Å²) in [6, 6.07) is 40.8. The van der Waals surface area contributed by atoms with Crippen LogP contribution >= 0.6 is 11.3 Å². The van der Waals surface area contributed by atoms with E-state index in [2.05, 4.69) is 196 Å². The van der Waals surface area contributed by atoms with Gasteiger partial charge >= 0.3 is 0 Å². The zero-order chi connectivity index (χ0) is 40.8. The van der Waals surface area contributed by atoms with Gasteiger partial charge in [0.1, 0.15) is 0 Å². The Labute approximate surface area is 351 Å². The minimum absolute atomic E-state index is 0.0586. The van der Waals surface area contributed by atoms with Crippen molar-refractivity contribution < 1.29 is 0 Å². The van der Waals surface area contributed by atoms with Crippen molar-refractivity contribution in [2.75, 3.05) is 9.80 Å². The molecule has 0 atom stereocenters. The van der Waals surface area contributed by atoms with E-state index in [1.54, 1.807) is 0 Å². The third-order valence-electron chi connectivity index (χ3n) is 14.1. The molecule has 3 heterocycles. The summed E-state index contributed by atoms with van der Waals surface area (Å²) < 4.78 is 2.69. The molecule has 0 radical (unpaired) electrons. The second kappa shape index (κ2) is 12.4. The Balaban J connectivity index is 1.39. The Morgan fingerprint density at radius 2 is 1.07 bits per heavy atom. The number of fused-ring (bicyclic) bond motifs is 8. The lowest BCUT2D eigenvalue weighted by Gasteiger charge is -2.48. The van der Waals surface area contributed by atoms with E-state index in [1.165, 1.54) is 117 Å². The summed E-state index contributed by atoms with van der Waals surface area (Å²) >= 11 is 1.92. The van der Waals surface area contributed by atoms with Crippen molar-refractivity contribution in [3.8, 4) is 0 Å². The molecular weight excluding hydrogens is 719 g/mol. The van der Waals surface area contributed by atoms with E-state index in [0.29, 0.717) is 0 Å². The molecular formula is C54H57BN2S. The zero-order valence-electron chi connectivity index (χ0n) is 36.6. The highest BCUT2D eigenvalue weighted by Crippen LogP contribution is 2.52. The molecule has 6 aromatic carbocycles. The molecule has 0 N–H and O–H groups in total. The van der Waals surface area contributed by atoms with Gasteiger partial charge in [-0.1, -0.05) is 130 Å². The van der Waals surface area contributed by atoms with Crippen molar-refractivity contribution in [3.63, 3.8) is 0 Å². The molecule has 3 aliphatic rings. The van der Waals surface area contributed by atoms with Gasteiger partial charge in [-0.3, -0.25) is 0 Å². The Morgan fingerprint density at radius 3 is 1.71 bits per heavy atom. The molecule has 1 aliphatic carbocycles. The lowest BCUT2D eigenvalue weighted by atomic mass is 9.33. The number of hydrogen-bond acceptors (Lipinski definition) is 3. The first-order valence-corrected chi connectivity index (χ1v) is 22.2. The van der Waals surface area contributed by atoms with Crippen LogP contribution in [0.5, 0.6) is 0 Å². The fourth-order valence-electron chi connectivity index (χ4n) is 10.4. The monoisotopic (exact) mass is 776 g/mol. The Morgan fingerprint density at radius 1 is 0.500 bits per heavy atom. The van der Waals surface area contributed by atoms with Gasteiger partial charge in [0.05, 0.1) is 0 Å². The summed E-state index contributed by atoms with van der Waals surface area (Å²) in [5.41, 5.74) is 20.4. The number of anilines is 6. The number of thiophene rings is 1. The van der Waals surface area contributed by atoms with E-state index in [9.17, 15) is 0 Å². The summed E-state index contributed by atoms with van der Waals surface area (Å²) in [6.07, 6.45) is 2.37. The van der Waals surface area contributed by atoms with Crippen LogP contribution in [0.15, 0.2) is 103 Å². The topological polar surface area (TPSA) is 6.48 Å². The van der Waals surface area contributed by atoms with Crippen LogP contribution in [0.3, 0.4) is 0 Å².